The van der Waals surface area contributed by atoms with E-state index in [1.807, 2.05) is 19.1 Å². The molecule has 2 atom stereocenters. The van der Waals surface area contributed by atoms with Gasteiger partial charge >= 0.3 is 7.12 Å². The molecule has 0 saturated carbocycles. The van der Waals surface area contributed by atoms with Crippen LogP contribution in [0.4, 0.5) is 17.5 Å². The molecule has 0 bridgehead atoms. The first-order valence-corrected chi connectivity index (χ1v) is 9.39. The molecule has 0 amide bonds. The van der Waals surface area contributed by atoms with E-state index in [0.717, 1.165) is 22.3 Å². The summed E-state index contributed by atoms with van der Waals surface area (Å²) >= 11 is 6.24. The summed E-state index contributed by atoms with van der Waals surface area (Å²) in [6.07, 6.45) is 2.18. The standard InChI is InChI=1S/C18H19BClN5O3/c1-10-4-13(5-12-8-28-19(26)16(10)12)23-18-22-7-14(20)17(25-18)24-15-9-27-3-2-11(15)6-21/h4-5,7,11,15,26H,2-3,8-9H2,1H3,(H2,22,23,24,25)/t11-,15+/m0/s1. The number of benzene rings is 1. The van der Waals surface area contributed by atoms with Crippen LogP contribution in [-0.2, 0) is 16.0 Å². The number of hydrogen-bond donors (Lipinski definition) is 3. The van der Waals surface area contributed by atoms with E-state index in [9.17, 15) is 10.3 Å². The molecule has 1 saturated heterocycles. The summed E-state index contributed by atoms with van der Waals surface area (Å²) in [6, 6.07) is 5.94. The summed E-state index contributed by atoms with van der Waals surface area (Å²) in [5.41, 5.74) is 3.45. The topological polar surface area (TPSA) is 112 Å². The molecule has 0 aliphatic carbocycles. The van der Waals surface area contributed by atoms with Crippen molar-refractivity contribution in [3.8, 4) is 6.07 Å². The fourth-order valence-corrected chi connectivity index (χ4v) is 3.68. The molecule has 0 spiro atoms. The first kappa shape index (κ1) is 19.0. The molecule has 1 aromatic carbocycles. The number of nitriles is 1. The van der Waals surface area contributed by atoms with Crippen molar-refractivity contribution in [1.82, 2.24) is 9.97 Å². The largest absolute Gasteiger partial charge is 0.492 e. The maximum atomic E-state index is 9.88. The molecule has 4 rings (SSSR count). The van der Waals surface area contributed by atoms with Crippen LogP contribution in [0.5, 0.6) is 0 Å². The molecule has 2 aliphatic rings. The van der Waals surface area contributed by atoms with Gasteiger partial charge in [-0.15, -0.1) is 0 Å². The number of fused-ring (bicyclic) bond motifs is 1. The van der Waals surface area contributed by atoms with Crippen LogP contribution in [0.15, 0.2) is 18.3 Å². The van der Waals surface area contributed by atoms with Crippen molar-refractivity contribution in [3.63, 3.8) is 0 Å². The molecule has 28 heavy (non-hydrogen) atoms. The Morgan fingerprint density at radius 1 is 1.43 bits per heavy atom. The molecule has 3 heterocycles. The molecular formula is C18H19BClN5O3. The van der Waals surface area contributed by atoms with Gasteiger partial charge in [0.25, 0.3) is 0 Å². The number of nitrogens with one attached hydrogen (secondary N) is 2. The summed E-state index contributed by atoms with van der Waals surface area (Å²) in [5.74, 6) is 0.657. The van der Waals surface area contributed by atoms with Crippen molar-refractivity contribution in [1.29, 1.82) is 5.26 Å². The van der Waals surface area contributed by atoms with Crippen molar-refractivity contribution in [2.75, 3.05) is 23.8 Å². The van der Waals surface area contributed by atoms with Crippen LogP contribution >= 0.6 is 11.6 Å². The summed E-state index contributed by atoms with van der Waals surface area (Å²) in [6.45, 7) is 3.28. The smallest absolute Gasteiger partial charge is 0.423 e. The molecule has 10 heteroatoms. The zero-order chi connectivity index (χ0) is 19.7. The second-order valence-corrected chi connectivity index (χ2v) is 7.30. The molecular weight excluding hydrogens is 380 g/mol. The number of nitrogens with zero attached hydrogens (tertiary/aromatic N) is 3. The highest BCUT2D eigenvalue weighted by molar-refractivity contribution is 6.62. The van der Waals surface area contributed by atoms with E-state index in [-0.39, 0.29) is 12.0 Å². The highest BCUT2D eigenvalue weighted by Gasteiger charge is 2.30. The van der Waals surface area contributed by atoms with E-state index >= 15 is 0 Å². The maximum Gasteiger partial charge on any atom is 0.492 e. The Kier molecular flexibility index (Phi) is 5.37. The molecule has 8 nitrogen and oxygen atoms in total. The highest BCUT2D eigenvalue weighted by atomic mass is 35.5. The van der Waals surface area contributed by atoms with E-state index in [4.69, 9.17) is 21.0 Å². The van der Waals surface area contributed by atoms with Crippen LogP contribution in [0.1, 0.15) is 17.5 Å². The van der Waals surface area contributed by atoms with E-state index < -0.39 is 7.12 Å². The van der Waals surface area contributed by atoms with Gasteiger partial charge in [-0.3, -0.25) is 0 Å². The average molecular weight is 400 g/mol. The predicted octanol–water partition coefficient (Wildman–Crippen LogP) is 1.74. The Morgan fingerprint density at radius 2 is 2.29 bits per heavy atom. The zero-order valence-corrected chi connectivity index (χ0v) is 16.0. The molecule has 0 radical (unpaired) electrons. The lowest BCUT2D eigenvalue weighted by atomic mass is 9.76. The van der Waals surface area contributed by atoms with Gasteiger partial charge in [-0.05, 0) is 42.1 Å². The lowest BCUT2D eigenvalue weighted by Gasteiger charge is -2.28. The van der Waals surface area contributed by atoms with Gasteiger partial charge in [0.2, 0.25) is 5.95 Å². The van der Waals surface area contributed by atoms with Gasteiger partial charge in [-0.2, -0.15) is 10.2 Å². The monoisotopic (exact) mass is 399 g/mol. The first-order chi connectivity index (χ1) is 13.5. The second kappa shape index (κ2) is 7.93. The molecule has 2 aromatic rings. The second-order valence-electron chi connectivity index (χ2n) is 6.89. The Hall–Kier alpha value is -2.38. The first-order valence-electron chi connectivity index (χ1n) is 9.01. The minimum absolute atomic E-state index is 0.165. The normalized spacial score (nSPS) is 21.1. The summed E-state index contributed by atoms with van der Waals surface area (Å²) < 4.78 is 10.7. The molecule has 2 aliphatic heterocycles. The van der Waals surface area contributed by atoms with E-state index in [1.165, 1.54) is 6.20 Å². The summed E-state index contributed by atoms with van der Waals surface area (Å²) in [7, 11) is -0.877. The fraction of sp³-hybridized carbons (Fsp3) is 0.389. The van der Waals surface area contributed by atoms with Crippen molar-refractivity contribution in [2.45, 2.75) is 26.0 Å². The Morgan fingerprint density at radius 3 is 3.11 bits per heavy atom. The van der Waals surface area contributed by atoms with Gasteiger partial charge in [0, 0.05) is 12.3 Å². The predicted molar refractivity (Wildman–Crippen MR) is 106 cm³/mol. The van der Waals surface area contributed by atoms with Crippen LogP contribution in [0, 0.1) is 24.2 Å². The maximum absolute atomic E-state index is 9.88. The van der Waals surface area contributed by atoms with Crippen molar-refractivity contribution in [2.24, 2.45) is 5.92 Å². The van der Waals surface area contributed by atoms with Gasteiger partial charge in [-0.25, -0.2) is 4.98 Å². The molecule has 1 fully saturated rings. The van der Waals surface area contributed by atoms with Gasteiger partial charge < -0.3 is 25.0 Å². The Labute approximate surface area is 168 Å². The van der Waals surface area contributed by atoms with E-state index in [0.29, 0.717) is 43.0 Å². The third-order valence-electron chi connectivity index (χ3n) is 4.96. The van der Waals surface area contributed by atoms with Gasteiger partial charge in [-0.1, -0.05) is 11.6 Å². The van der Waals surface area contributed by atoms with Gasteiger partial charge in [0.05, 0.1) is 37.4 Å². The lowest BCUT2D eigenvalue weighted by molar-refractivity contribution is 0.0698. The van der Waals surface area contributed by atoms with Crippen molar-refractivity contribution < 1.29 is 14.4 Å². The van der Waals surface area contributed by atoms with Crippen molar-refractivity contribution in [3.05, 3.63) is 34.5 Å². The molecule has 1 aromatic heterocycles. The fourth-order valence-electron chi connectivity index (χ4n) is 3.54. The van der Waals surface area contributed by atoms with E-state index in [1.54, 1.807) is 0 Å². The number of aryl methyl sites for hydroxylation is 1. The van der Waals surface area contributed by atoms with Gasteiger partial charge in [0.15, 0.2) is 5.82 Å². The number of rotatable bonds is 4. The molecule has 0 unspecified atom stereocenters. The van der Waals surface area contributed by atoms with Crippen LogP contribution in [0.2, 0.25) is 5.02 Å². The summed E-state index contributed by atoms with van der Waals surface area (Å²) in [5, 5.41) is 26.0. The van der Waals surface area contributed by atoms with Crippen LogP contribution < -0.4 is 16.1 Å². The third-order valence-corrected chi connectivity index (χ3v) is 5.24. The number of aromatic nitrogens is 2. The lowest BCUT2D eigenvalue weighted by Crippen LogP contribution is -2.38. The Bertz CT molecular complexity index is 938. The quantitative estimate of drug-likeness (QED) is 0.667. The third kappa shape index (κ3) is 3.77. The zero-order valence-electron chi connectivity index (χ0n) is 15.3. The van der Waals surface area contributed by atoms with Crippen LogP contribution in [-0.4, -0.2) is 41.4 Å². The minimum atomic E-state index is -0.877. The SMILES string of the molecule is Cc1cc(Nc2ncc(Cl)c(N[C@@H]3COCC[C@H]3C#N)n2)cc2c1B(O)OC2. The number of halogens is 1. The van der Waals surface area contributed by atoms with Crippen LogP contribution in [0.3, 0.4) is 0 Å². The molecule has 3 N–H and O–H groups in total. The van der Waals surface area contributed by atoms with Crippen LogP contribution in [0.25, 0.3) is 0 Å². The molecule has 144 valence electrons. The Balaban J connectivity index is 1.55. The van der Waals surface area contributed by atoms with E-state index in [2.05, 4.69) is 26.7 Å². The number of ether oxygens (including phenoxy) is 1. The number of hydrogen-bond acceptors (Lipinski definition) is 8. The summed E-state index contributed by atoms with van der Waals surface area (Å²) in [4.78, 5) is 8.69. The minimum Gasteiger partial charge on any atom is -0.423 e. The average Bonchev–Trinajstić information content (AvgIpc) is 3.06. The highest BCUT2D eigenvalue weighted by Crippen LogP contribution is 2.26. The van der Waals surface area contributed by atoms with Gasteiger partial charge in [0.1, 0.15) is 5.02 Å². The van der Waals surface area contributed by atoms with Crippen molar-refractivity contribution >= 4 is 41.6 Å². The number of anilines is 3.